The van der Waals surface area contributed by atoms with Crippen LogP contribution in [-0.2, 0) is 6.54 Å². The van der Waals surface area contributed by atoms with E-state index in [1.807, 2.05) is 0 Å². The monoisotopic (exact) mass is 318 g/mol. The van der Waals surface area contributed by atoms with E-state index in [9.17, 15) is 9.18 Å². The molecule has 2 amide bonds. The van der Waals surface area contributed by atoms with E-state index in [1.165, 1.54) is 11.0 Å². The van der Waals surface area contributed by atoms with Gasteiger partial charge in [-0.3, -0.25) is 0 Å². The number of hydrogen-bond acceptors (Lipinski definition) is 1. The van der Waals surface area contributed by atoms with Crippen molar-refractivity contribution in [3.8, 4) is 0 Å². The van der Waals surface area contributed by atoms with Crippen molar-refractivity contribution in [1.82, 2.24) is 4.90 Å². The maximum atomic E-state index is 13.7. The summed E-state index contributed by atoms with van der Waals surface area (Å²) in [6.07, 6.45) is 1.60. The summed E-state index contributed by atoms with van der Waals surface area (Å²) in [6.45, 7) is 4.10. The van der Waals surface area contributed by atoms with Gasteiger partial charge < -0.3 is 10.2 Å². The fourth-order valence-corrected chi connectivity index (χ4v) is 2.17. The summed E-state index contributed by atoms with van der Waals surface area (Å²) < 4.78 is 13.7. The third kappa shape index (κ3) is 4.33. The van der Waals surface area contributed by atoms with Crippen molar-refractivity contribution in [2.24, 2.45) is 0 Å². The first-order valence-corrected chi connectivity index (χ1v) is 7.13. The summed E-state index contributed by atoms with van der Waals surface area (Å²) in [7, 11) is 0. The van der Waals surface area contributed by atoms with Gasteiger partial charge in [0.1, 0.15) is 5.82 Å². The van der Waals surface area contributed by atoms with Gasteiger partial charge in [0, 0.05) is 22.8 Å². The Morgan fingerprint density at radius 3 is 2.73 bits per heavy atom. The molecule has 2 aromatic carbocycles. The number of benzene rings is 2. The maximum absolute atomic E-state index is 13.7. The topological polar surface area (TPSA) is 32.3 Å². The minimum Gasteiger partial charge on any atom is -0.316 e. The Bertz CT molecular complexity index is 675. The Balaban J connectivity index is 2.11. The average molecular weight is 319 g/mol. The van der Waals surface area contributed by atoms with E-state index in [0.717, 1.165) is 0 Å². The van der Waals surface area contributed by atoms with Crippen LogP contribution in [0.3, 0.4) is 0 Å². The van der Waals surface area contributed by atoms with Crippen LogP contribution in [0.15, 0.2) is 61.2 Å². The van der Waals surface area contributed by atoms with Gasteiger partial charge in [-0.2, -0.15) is 0 Å². The zero-order chi connectivity index (χ0) is 15.9. The standard InChI is InChI=1S/C17H16ClFN2O/c1-2-10-21(12-13-6-3-4-9-16(13)19)17(22)20-15-8-5-7-14(18)11-15/h2-9,11H,1,10,12H2,(H,20,22). The molecule has 0 aromatic heterocycles. The van der Waals surface area contributed by atoms with Crippen LogP contribution >= 0.6 is 11.6 Å². The van der Waals surface area contributed by atoms with E-state index in [1.54, 1.807) is 48.5 Å². The van der Waals surface area contributed by atoms with Crippen molar-refractivity contribution in [3.05, 3.63) is 77.6 Å². The minimum atomic E-state index is -0.342. The molecule has 0 aliphatic carbocycles. The first-order chi connectivity index (χ1) is 10.6. The summed E-state index contributed by atoms with van der Waals surface area (Å²) in [4.78, 5) is 13.8. The van der Waals surface area contributed by atoms with Crippen LogP contribution in [0.2, 0.25) is 5.02 Å². The van der Waals surface area contributed by atoms with Crippen LogP contribution in [-0.4, -0.2) is 17.5 Å². The lowest BCUT2D eigenvalue weighted by Crippen LogP contribution is -2.34. The third-order valence-corrected chi connectivity index (χ3v) is 3.27. The fourth-order valence-electron chi connectivity index (χ4n) is 1.98. The molecule has 0 saturated heterocycles. The lowest BCUT2D eigenvalue weighted by molar-refractivity contribution is 0.214. The number of anilines is 1. The molecule has 1 N–H and O–H groups in total. The molecule has 0 fully saturated rings. The van der Waals surface area contributed by atoms with Gasteiger partial charge in [0.2, 0.25) is 0 Å². The molecule has 0 atom stereocenters. The van der Waals surface area contributed by atoms with E-state index in [-0.39, 0.29) is 18.4 Å². The van der Waals surface area contributed by atoms with Gasteiger partial charge in [0.15, 0.2) is 0 Å². The van der Waals surface area contributed by atoms with Crippen molar-refractivity contribution < 1.29 is 9.18 Å². The highest BCUT2D eigenvalue weighted by Crippen LogP contribution is 2.16. The van der Waals surface area contributed by atoms with E-state index in [2.05, 4.69) is 11.9 Å². The second-order valence-electron chi connectivity index (χ2n) is 4.70. The summed E-state index contributed by atoms with van der Waals surface area (Å²) in [6, 6.07) is 12.9. The first-order valence-electron chi connectivity index (χ1n) is 6.76. The Morgan fingerprint density at radius 2 is 2.05 bits per heavy atom. The molecule has 0 unspecified atom stereocenters. The van der Waals surface area contributed by atoms with Crippen LogP contribution < -0.4 is 5.32 Å². The molecular formula is C17H16ClFN2O. The average Bonchev–Trinajstić information content (AvgIpc) is 2.49. The normalized spacial score (nSPS) is 10.1. The summed E-state index contributed by atoms with van der Waals surface area (Å²) in [5.74, 6) is -0.341. The molecule has 5 heteroatoms. The minimum absolute atomic E-state index is 0.158. The molecule has 0 saturated carbocycles. The number of carbonyl (C=O) groups excluding carboxylic acids is 1. The van der Waals surface area contributed by atoms with Crippen LogP contribution in [0.1, 0.15) is 5.56 Å². The number of halogens is 2. The Kier molecular flexibility index (Phi) is 5.55. The van der Waals surface area contributed by atoms with Crippen LogP contribution in [0.25, 0.3) is 0 Å². The third-order valence-electron chi connectivity index (χ3n) is 3.03. The lowest BCUT2D eigenvalue weighted by Gasteiger charge is -2.22. The molecule has 2 rings (SSSR count). The predicted octanol–water partition coefficient (Wildman–Crippen LogP) is 4.70. The number of hydrogen-bond donors (Lipinski definition) is 1. The van der Waals surface area contributed by atoms with E-state index >= 15 is 0 Å². The van der Waals surface area contributed by atoms with Crippen molar-refractivity contribution >= 4 is 23.3 Å². The number of amides is 2. The smallest absolute Gasteiger partial charge is 0.316 e. The van der Waals surface area contributed by atoms with Gasteiger partial charge in [-0.25, -0.2) is 9.18 Å². The van der Waals surface area contributed by atoms with Gasteiger partial charge in [-0.15, -0.1) is 6.58 Å². The Hall–Kier alpha value is -2.33. The molecule has 0 aliphatic rings. The highest BCUT2D eigenvalue weighted by atomic mass is 35.5. The van der Waals surface area contributed by atoms with Crippen molar-refractivity contribution in [3.63, 3.8) is 0 Å². The zero-order valence-electron chi connectivity index (χ0n) is 11.9. The second kappa shape index (κ2) is 7.61. The second-order valence-corrected chi connectivity index (χ2v) is 5.14. The molecule has 114 valence electrons. The predicted molar refractivity (Wildman–Crippen MR) is 87.5 cm³/mol. The zero-order valence-corrected chi connectivity index (χ0v) is 12.7. The number of rotatable bonds is 5. The first kappa shape index (κ1) is 16.0. The highest BCUT2D eigenvalue weighted by Gasteiger charge is 2.14. The summed E-state index contributed by atoms with van der Waals surface area (Å²) >= 11 is 5.89. The molecule has 0 radical (unpaired) electrons. The molecule has 0 heterocycles. The summed E-state index contributed by atoms with van der Waals surface area (Å²) in [5, 5.41) is 3.27. The lowest BCUT2D eigenvalue weighted by atomic mass is 10.2. The van der Waals surface area contributed by atoms with Gasteiger partial charge in [-0.1, -0.05) is 41.9 Å². The van der Waals surface area contributed by atoms with Crippen molar-refractivity contribution in [2.75, 3.05) is 11.9 Å². The molecule has 0 spiro atoms. The molecular weight excluding hydrogens is 303 g/mol. The summed E-state index contributed by atoms with van der Waals surface area (Å²) in [5.41, 5.74) is 1.03. The van der Waals surface area contributed by atoms with E-state index < -0.39 is 0 Å². The van der Waals surface area contributed by atoms with Crippen molar-refractivity contribution in [2.45, 2.75) is 6.54 Å². The Morgan fingerprint density at radius 1 is 1.27 bits per heavy atom. The molecule has 3 nitrogen and oxygen atoms in total. The fraction of sp³-hybridized carbons (Fsp3) is 0.118. The Labute approximate surface area is 134 Å². The molecule has 22 heavy (non-hydrogen) atoms. The molecule has 0 bridgehead atoms. The van der Waals surface area contributed by atoms with Gasteiger partial charge in [-0.05, 0) is 24.3 Å². The van der Waals surface area contributed by atoms with Gasteiger partial charge in [0.25, 0.3) is 0 Å². The molecule has 0 aliphatic heterocycles. The number of nitrogens with one attached hydrogen (secondary N) is 1. The van der Waals surface area contributed by atoms with Crippen LogP contribution in [0.5, 0.6) is 0 Å². The quantitative estimate of drug-likeness (QED) is 0.796. The van der Waals surface area contributed by atoms with Gasteiger partial charge >= 0.3 is 6.03 Å². The number of carbonyl (C=O) groups is 1. The van der Waals surface area contributed by atoms with E-state index in [0.29, 0.717) is 22.8 Å². The molecule has 2 aromatic rings. The van der Waals surface area contributed by atoms with Gasteiger partial charge in [0.05, 0.1) is 6.54 Å². The SMILES string of the molecule is C=CCN(Cc1ccccc1F)C(=O)Nc1cccc(Cl)c1. The van der Waals surface area contributed by atoms with E-state index in [4.69, 9.17) is 11.6 Å². The number of nitrogens with zero attached hydrogens (tertiary/aromatic N) is 1. The maximum Gasteiger partial charge on any atom is 0.322 e. The largest absolute Gasteiger partial charge is 0.322 e. The van der Waals surface area contributed by atoms with Crippen LogP contribution in [0, 0.1) is 5.82 Å². The van der Waals surface area contributed by atoms with Crippen LogP contribution in [0.4, 0.5) is 14.9 Å². The highest BCUT2D eigenvalue weighted by molar-refractivity contribution is 6.30. The van der Waals surface area contributed by atoms with Crippen molar-refractivity contribution in [1.29, 1.82) is 0 Å². The number of urea groups is 1.